The second-order valence-electron chi connectivity index (χ2n) is 6.28. The number of sulfonamides is 1. The largest absolute Gasteiger partial charge is 0.373 e. The predicted octanol–water partition coefficient (Wildman–Crippen LogP) is 8.28. The monoisotopic (exact) mass is 669 g/mol. The van der Waals surface area contributed by atoms with Crippen molar-refractivity contribution in [1.29, 1.82) is 0 Å². The number of benzene rings is 1. The van der Waals surface area contributed by atoms with Crippen LogP contribution in [0.3, 0.4) is 0 Å². The van der Waals surface area contributed by atoms with E-state index in [1.54, 1.807) is 19.1 Å². The van der Waals surface area contributed by atoms with E-state index < -0.39 is 54.6 Å². The zero-order valence-electron chi connectivity index (χ0n) is 14.7. The van der Waals surface area contributed by atoms with Crippen LogP contribution in [-0.4, -0.2) is 37.3 Å². The van der Waals surface area contributed by atoms with Crippen LogP contribution in [0.15, 0.2) is 33.3 Å². The predicted molar refractivity (Wildman–Crippen MR) is 130 cm³/mol. The number of aryl methyl sites for hydroxylation is 1. The van der Waals surface area contributed by atoms with Crippen molar-refractivity contribution in [3.05, 3.63) is 29.8 Å². The third-order valence-corrected chi connectivity index (χ3v) is 14.6. The molecule has 6 nitrogen and oxygen atoms in total. The molecular weight excluding hydrogens is 663 g/mol. The minimum absolute atomic E-state index is 0.178. The van der Waals surface area contributed by atoms with E-state index in [1.165, 1.54) is 12.1 Å². The molecule has 0 aromatic heterocycles. The van der Waals surface area contributed by atoms with Crippen molar-refractivity contribution in [2.45, 2.75) is 40.7 Å². The number of halogens is 9. The van der Waals surface area contributed by atoms with Gasteiger partial charge < -0.3 is 0 Å². The fourth-order valence-corrected chi connectivity index (χ4v) is 14.5. The van der Waals surface area contributed by atoms with Crippen LogP contribution in [-0.2, 0) is 23.6 Å². The van der Waals surface area contributed by atoms with E-state index >= 15 is 0 Å². The molecule has 0 radical (unpaired) electrons. The summed E-state index contributed by atoms with van der Waals surface area (Å²) in [5, 5.41) is 0. The van der Waals surface area contributed by atoms with Crippen LogP contribution in [0.2, 0.25) is 0 Å². The van der Waals surface area contributed by atoms with Gasteiger partial charge in [-0.15, -0.1) is 0 Å². The van der Waals surface area contributed by atoms with Crippen molar-refractivity contribution in [3.63, 3.8) is 0 Å². The summed E-state index contributed by atoms with van der Waals surface area (Å²) in [6, 6.07) is 5.80. The summed E-state index contributed by atoms with van der Waals surface area (Å²) in [4.78, 5) is -0.178. The van der Waals surface area contributed by atoms with Gasteiger partial charge in [0, 0.05) is 7.92 Å². The van der Waals surface area contributed by atoms with E-state index in [2.05, 4.69) is 4.15 Å². The first-order chi connectivity index (χ1) is 13.9. The Morgan fingerprint density at radius 2 is 1.16 bits per heavy atom. The third kappa shape index (κ3) is 6.18. The summed E-state index contributed by atoms with van der Waals surface area (Å²) in [6.45, 7) is 1.78. The molecule has 0 amide bonds. The Bertz CT molecular complexity index is 940. The van der Waals surface area contributed by atoms with Crippen LogP contribution in [0.1, 0.15) is 5.56 Å². The second kappa shape index (κ2) is 9.32. The summed E-state index contributed by atoms with van der Waals surface area (Å²) in [5.41, 5.74) is 0.820. The number of fused-ring (bicyclic) bond motifs is 3. The molecule has 0 spiro atoms. The molecule has 3 saturated heterocycles. The van der Waals surface area contributed by atoms with E-state index in [0.29, 0.717) is 0 Å². The molecular formula is C13H10Cl9NO5P2S. The standard InChI is InChI=1S/C13H10Cl9NO5P2S/c1-6-2-4-7(5-3-6)31(24,25)23-30-26-8(11(14,15)16)29(9(27-30)12(17,18)19)10(28-30)13(20,21)22/h2-5,8-10H,1H3. The Balaban J connectivity index is 2.23. The summed E-state index contributed by atoms with van der Waals surface area (Å²) in [6.07, 6.45) is 0. The van der Waals surface area contributed by atoms with E-state index in [0.717, 1.165) is 5.56 Å². The van der Waals surface area contributed by atoms with Crippen LogP contribution in [0.5, 0.6) is 0 Å². The molecule has 176 valence electrons. The molecule has 3 aliphatic rings. The summed E-state index contributed by atoms with van der Waals surface area (Å²) in [7, 11) is -10.8. The van der Waals surface area contributed by atoms with Gasteiger partial charge in [0.05, 0.1) is 4.90 Å². The highest BCUT2D eigenvalue weighted by molar-refractivity contribution is 7.93. The maximum Gasteiger partial charge on any atom is 0.373 e. The maximum atomic E-state index is 13.0. The molecule has 3 heterocycles. The van der Waals surface area contributed by atoms with Gasteiger partial charge in [0.2, 0.25) is 11.4 Å². The van der Waals surface area contributed by atoms with Crippen LogP contribution in [0.4, 0.5) is 0 Å². The van der Waals surface area contributed by atoms with Gasteiger partial charge in [-0.05, 0) is 19.1 Å². The number of nitrogens with zero attached hydrogens (tertiary/aromatic N) is 1. The quantitative estimate of drug-likeness (QED) is 0.234. The number of hydrogen-bond donors (Lipinski definition) is 0. The lowest BCUT2D eigenvalue weighted by atomic mass is 10.2. The first kappa shape index (κ1) is 27.9. The first-order valence-corrected chi connectivity index (χ1v) is 15.7. The molecule has 3 aliphatic heterocycles. The topological polar surface area (TPSA) is 74.2 Å². The Morgan fingerprint density at radius 3 is 1.48 bits per heavy atom. The van der Waals surface area contributed by atoms with Crippen molar-refractivity contribution in [2.75, 3.05) is 0 Å². The lowest BCUT2D eigenvalue weighted by Gasteiger charge is -2.55. The van der Waals surface area contributed by atoms with Crippen LogP contribution in [0.25, 0.3) is 0 Å². The first-order valence-electron chi connectivity index (χ1n) is 7.84. The molecule has 3 fully saturated rings. The number of hydrogen-bond acceptors (Lipinski definition) is 5. The van der Waals surface area contributed by atoms with Gasteiger partial charge in [0.25, 0.3) is 10.0 Å². The zero-order chi connectivity index (χ0) is 23.6. The molecule has 1 aromatic carbocycles. The smallest absolute Gasteiger partial charge is 0.289 e. The fraction of sp³-hybridized carbons (Fsp3) is 0.538. The Kier molecular flexibility index (Phi) is 8.39. The second-order valence-corrected chi connectivity index (χ2v) is 19.3. The minimum atomic E-state index is -4.41. The van der Waals surface area contributed by atoms with Crippen molar-refractivity contribution in [2.24, 2.45) is 4.15 Å². The molecule has 4 rings (SSSR count). The molecule has 2 bridgehead atoms. The summed E-state index contributed by atoms with van der Waals surface area (Å²) >= 11 is 54.8. The van der Waals surface area contributed by atoms with Gasteiger partial charge in [-0.1, -0.05) is 126 Å². The lowest BCUT2D eigenvalue weighted by Crippen LogP contribution is -2.50. The van der Waals surface area contributed by atoms with Crippen LogP contribution < -0.4 is 0 Å². The molecule has 18 heteroatoms. The van der Waals surface area contributed by atoms with Gasteiger partial charge in [-0.2, -0.15) is 8.42 Å². The molecule has 3 atom stereocenters. The van der Waals surface area contributed by atoms with Gasteiger partial charge in [-0.3, -0.25) is 13.6 Å². The number of alkyl halides is 9. The molecule has 0 N–H and O–H groups in total. The Hall–Kier alpha value is 2.32. The average Bonchev–Trinajstić information content (AvgIpc) is 2.58. The lowest BCUT2D eigenvalue weighted by molar-refractivity contribution is 0.0664. The highest BCUT2D eigenvalue weighted by Gasteiger charge is 2.68. The van der Waals surface area contributed by atoms with E-state index in [4.69, 9.17) is 118 Å². The Morgan fingerprint density at radius 1 is 0.806 bits per heavy atom. The average molecular weight is 673 g/mol. The van der Waals surface area contributed by atoms with Crippen LogP contribution >= 0.6 is 120 Å². The summed E-state index contributed by atoms with van der Waals surface area (Å²) < 4.78 is 40.3. The van der Waals surface area contributed by atoms with Crippen molar-refractivity contribution < 1.29 is 22.0 Å². The highest BCUT2D eigenvalue weighted by atomic mass is 35.6. The molecule has 0 aliphatic carbocycles. The highest BCUT2D eigenvalue weighted by Crippen LogP contribution is 2.83. The zero-order valence-corrected chi connectivity index (χ0v) is 24.1. The van der Waals surface area contributed by atoms with Gasteiger partial charge in [0.1, 0.15) is 17.5 Å². The SMILES string of the molecule is Cc1ccc(S(=O)(=O)N=P23OC(C(Cl)(Cl)Cl)P(C(C(Cl)(Cl)Cl)O2)C(C(Cl)(Cl)Cl)O3)cc1. The third-order valence-electron chi connectivity index (χ3n) is 3.88. The molecule has 3 unspecified atom stereocenters. The van der Waals surface area contributed by atoms with E-state index in [1.807, 2.05) is 0 Å². The molecule has 0 saturated carbocycles. The summed E-state index contributed by atoms with van der Waals surface area (Å²) in [5.74, 6) is -4.16. The van der Waals surface area contributed by atoms with E-state index in [9.17, 15) is 8.42 Å². The molecule has 1 aromatic rings. The Labute approximate surface area is 225 Å². The maximum absolute atomic E-state index is 13.0. The van der Waals surface area contributed by atoms with Gasteiger partial charge >= 0.3 is 7.74 Å². The fourth-order valence-electron chi connectivity index (χ4n) is 2.62. The van der Waals surface area contributed by atoms with Crippen molar-refractivity contribution >= 4 is 130 Å². The van der Waals surface area contributed by atoms with Gasteiger partial charge in [0.15, 0.2) is 0 Å². The number of rotatable bonds is 2. The van der Waals surface area contributed by atoms with Crippen molar-refractivity contribution in [1.82, 2.24) is 0 Å². The normalized spacial score (nSPS) is 32.2. The minimum Gasteiger partial charge on any atom is -0.289 e. The van der Waals surface area contributed by atoms with Gasteiger partial charge in [-0.25, -0.2) is 0 Å². The van der Waals surface area contributed by atoms with Crippen LogP contribution in [0, 0.1) is 6.92 Å². The molecule has 31 heavy (non-hydrogen) atoms. The van der Waals surface area contributed by atoms with Crippen molar-refractivity contribution in [3.8, 4) is 0 Å². The van der Waals surface area contributed by atoms with E-state index in [-0.39, 0.29) is 4.90 Å².